The average Bonchev–Trinajstić information content (AvgIpc) is 2.65. The van der Waals surface area contributed by atoms with E-state index in [0.717, 1.165) is 22.3 Å². The Morgan fingerprint density at radius 2 is 2.22 bits per heavy atom. The first kappa shape index (κ1) is 12.6. The van der Waals surface area contributed by atoms with Gasteiger partial charge < -0.3 is 20.6 Å². The fourth-order valence-electron chi connectivity index (χ4n) is 1.88. The van der Waals surface area contributed by atoms with Gasteiger partial charge in [0.15, 0.2) is 0 Å². The van der Waals surface area contributed by atoms with Gasteiger partial charge in [0, 0.05) is 24.0 Å². The number of furan rings is 1. The number of fused-ring (bicyclic) bond motifs is 1. The molecule has 0 fully saturated rings. The lowest BCUT2D eigenvalue weighted by Crippen LogP contribution is -2.37. The van der Waals surface area contributed by atoms with E-state index in [-0.39, 0.29) is 6.54 Å². The molecule has 2 aromatic rings. The van der Waals surface area contributed by atoms with E-state index in [2.05, 4.69) is 5.32 Å². The van der Waals surface area contributed by atoms with Crippen LogP contribution in [0.5, 0.6) is 0 Å². The zero-order valence-electron chi connectivity index (χ0n) is 10.1. The van der Waals surface area contributed by atoms with Crippen molar-refractivity contribution in [3.05, 3.63) is 35.6 Å². The highest BCUT2D eigenvalue weighted by atomic mass is 16.3. The number of aliphatic hydroxyl groups excluding tert-OH is 1. The molecule has 0 radical (unpaired) electrons. The summed E-state index contributed by atoms with van der Waals surface area (Å²) in [5, 5.41) is 13.3. The first-order chi connectivity index (χ1) is 8.59. The highest BCUT2D eigenvalue weighted by molar-refractivity contribution is 5.82. The average molecular weight is 248 g/mol. The second-order valence-electron chi connectivity index (χ2n) is 4.18. The molecule has 0 aliphatic rings. The van der Waals surface area contributed by atoms with Crippen LogP contribution in [0.25, 0.3) is 11.0 Å². The minimum atomic E-state index is -1.16. The molecule has 18 heavy (non-hydrogen) atoms. The zero-order valence-corrected chi connectivity index (χ0v) is 10.1. The maximum atomic E-state index is 10.7. The number of primary amides is 1. The molecule has 2 rings (SSSR count). The van der Waals surface area contributed by atoms with Crippen LogP contribution in [-0.2, 0) is 11.3 Å². The van der Waals surface area contributed by atoms with Crippen molar-refractivity contribution >= 4 is 16.9 Å². The maximum Gasteiger partial charge on any atom is 0.247 e. The SMILES string of the molecule is Cc1oc2ccccc2c1CNCC(O)C(N)=O. The number of hydrogen-bond donors (Lipinski definition) is 3. The van der Waals surface area contributed by atoms with Gasteiger partial charge in [0.1, 0.15) is 17.4 Å². The summed E-state index contributed by atoms with van der Waals surface area (Å²) in [5.74, 6) is 0.105. The van der Waals surface area contributed by atoms with E-state index >= 15 is 0 Å². The highest BCUT2D eigenvalue weighted by Crippen LogP contribution is 2.24. The third-order valence-corrected chi connectivity index (χ3v) is 2.87. The molecule has 1 unspecified atom stereocenters. The number of benzene rings is 1. The minimum absolute atomic E-state index is 0.133. The van der Waals surface area contributed by atoms with Crippen LogP contribution in [0.4, 0.5) is 0 Å². The van der Waals surface area contributed by atoms with Gasteiger partial charge in [-0.05, 0) is 13.0 Å². The molecule has 0 aliphatic carbocycles. The van der Waals surface area contributed by atoms with Crippen LogP contribution in [0.2, 0.25) is 0 Å². The van der Waals surface area contributed by atoms with E-state index in [0.29, 0.717) is 6.54 Å². The van der Waals surface area contributed by atoms with E-state index in [1.54, 1.807) is 0 Å². The minimum Gasteiger partial charge on any atom is -0.461 e. The predicted octanol–water partition coefficient (Wildman–Crippen LogP) is 0.677. The van der Waals surface area contributed by atoms with Crippen molar-refractivity contribution in [3.63, 3.8) is 0 Å². The molecule has 1 atom stereocenters. The number of aryl methyl sites for hydroxylation is 1. The maximum absolute atomic E-state index is 10.7. The van der Waals surface area contributed by atoms with Gasteiger partial charge in [-0.3, -0.25) is 4.79 Å². The van der Waals surface area contributed by atoms with Gasteiger partial charge in [-0.1, -0.05) is 18.2 Å². The Morgan fingerprint density at radius 3 is 2.94 bits per heavy atom. The predicted molar refractivity (Wildman–Crippen MR) is 67.9 cm³/mol. The molecule has 0 spiro atoms. The van der Waals surface area contributed by atoms with Crippen LogP contribution < -0.4 is 11.1 Å². The van der Waals surface area contributed by atoms with Crippen molar-refractivity contribution in [1.29, 1.82) is 0 Å². The number of nitrogens with two attached hydrogens (primary N) is 1. The highest BCUT2D eigenvalue weighted by Gasteiger charge is 2.12. The summed E-state index contributed by atoms with van der Waals surface area (Å²) in [6.07, 6.45) is -1.16. The number of nitrogens with one attached hydrogen (secondary N) is 1. The van der Waals surface area contributed by atoms with E-state index in [4.69, 9.17) is 10.2 Å². The Hall–Kier alpha value is -1.85. The van der Waals surface area contributed by atoms with Gasteiger partial charge in [-0.25, -0.2) is 0 Å². The molecule has 1 heterocycles. The van der Waals surface area contributed by atoms with Crippen LogP contribution in [0.15, 0.2) is 28.7 Å². The molecular formula is C13H16N2O3. The molecule has 0 aliphatic heterocycles. The number of aliphatic hydroxyl groups is 1. The van der Waals surface area contributed by atoms with Crippen molar-refractivity contribution in [2.45, 2.75) is 19.6 Å². The van der Waals surface area contributed by atoms with Crippen LogP contribution in [0.3, 0.4) is 0 Å². The lowest BCUT2D eigenvalue weighted by molar-refractivity contribution is -0.125. The number of rotatable bonds is 5. The van der Waals surface area contributed by atoms with Crippen LogP contribution >= 0.6 is 0 Å². The van der Waals surface area contributed by atoms with Crippen molar-refractivity contribution in [2.24, 2.45) is 5.73 Å². The number of carbonyl (C=O) groups is 1. The van der Waals surface area contributed by atoms with Crippen LogP contribution in [-0.4, -0.2) is 23.7 Å². The topological polar surface area (TPSA) is 88.5 Å². The molecule has 5 heteroatoms. The summed E-state index contributed by atoms with van der Waals surface area (Å²) in [4.78, 5) is 10.7. The van der Waals surface area contributed by atoms with E-state index in [1.807, 2.05) is 31.2 Å². The number of amides is 1. The van der Waals surface area contributed by atoms with Crippen LogP contribution in [0, 0.1) is 6.92 Å². The number of carbonyl (C=O) groups excluding carboxylic acids is 1. The zero-order chi connectivity index (χ0) is 13.1. The van der Waals surface area contributed by atoms with Gasteiger partial charge in [0.25, 0.3) is 0 Å². The summed E-state index contributed by atoms with van der Waals surface area (Å²) in [6, 6.07) is 7.75. The first-order valence-corrected chi connectivity index (χ1v) is 5.74. The van der Waals surface area contributed by atoms with E-state index in [1.165, 1.54) is 0 Å². The monoisotopic (exact) mass is 248 g/mol. The molecule has 0 saturated heterocycles. The molecule has 1 aromatic heterocycles. The molecule has 4 N–H and O–H groups in total. The van der Waals surface area contributed by atoms with Gasteiger partial charge in [-0.15, -0.1) is 0 Å². The summed E-state index contributed by atoms with van der Waals surface area (Å²) < 4.78 is 5.61. The van der Waals surface area contributed by atoms with Crippen molar-refractivity contribution in [2.75, 3.05) is 6.54 Å². The van der Waals surface area contributed by atoms with Gasteiger partial charge in [0.05, 0.1) is 0 Å². The van der Waals surface area contributed by atoms with Crippen molar-refractivity contribution < 1.29 is 14.3 Å². The lowest BCUT2D eigenvalue weighted by Gasteiger charge is -2.07. The Balaban J connectivity index is 2.08. The molecule has 0 bridgehead atoms. The third-order valence-electron chi connectivity index (χ3n) is 2.87. The van der Waals surface area contributed by atoms with E-state index < -0.39 is 12.0 Å². The number of para-hydroxylation sites is 1. The fraction of sp³-hybridized carbons (Fsp3) is 0.308. The Bertz CT molecular complexity index is 562. The summed E-state index contributed by atoms with van der Waals surface area (Å²) in [6.45, 7) is 2.54. The smallest absolute Gasteiger partial charge is 0.247 e. The third kappa shape index (κ3) is 2.52. The van der Waals surface area contributed by atoms with Crippen LogP contribution in [0.1, 0.15) is 11.3 Å². The summed E-state index contributed by atoms with van der Waals surface area (Å²) in [5.41, 5.74) is 6.83. The quantitative estimate of drug-likeness (QED) is 0.726. The molecule has 0 saturated carbocycles. The first-order valence-electron chi connectivity index (χ1n) is 5.74. The van der Waals surface area contributed by atoms with Gasteiger partial charge in [0.2, 0.25) is 5.91 Å². The normalized spacial score (nSPS) is 12.8. The molecule has 1 amide bonds. The molecular weight excluding hydrogens is 232 g/mol. The van der Waals surface area contributed by atoms with E-state index in [9.17, 15) is 9.90 Å². The Labute approximate surface area is 105 Å². The molecule has 5 nitrogen and oxygen atoms in total. The Kier molecular flexibility index (Phi) is 3.64. The standard InChI is InChI=1S/C13H16N2O3/c1-8-10(6-15-7-11(16)13(14)17)9-4-2-3-5-12(9)18-8/h2-5,11,15-16H,6-7H2,1H3,(H2,14,17). The second kappa shape index (κ2) is 5.20. The second-order valence-corrected chi connectivity index (χ2v) is 4.18. The fourth-order valence-corrected chi connectivity index (χ4v) is 1.88. The summed E-state index contributed by atoms with van der Waals surface area (Å²) in [7, 11) is 0. The number of hydrogen-bond acceptors (Lipinski definition) is 4. The Morgan fingerprint density at radius 1 is 1.50 bits per heavy atom. The lowest BCUT2D eigenvalue weighted by atomic mass is 10.1. The summed E-state index contributed by atoms with van der Waals surface area (Å²) >= 11 is 0. The molecule has 1 aromatic carbocycles. The van der Waals surface area contributed by atoms with Crippen molar-refractivity contribution in [3.8, 4) is 0 Å². The van der Waals surface area contributed by atoms with Gasteiger partial charge >= 0.3 is 0 Å². The largest absolute Gasteiger partial charge is 0.461 e. The van der Waals surface area contributed by atoms with Gasteiger partial charge in [-0.2, -0.15) is 0 Å². The molecule has 96 valence electrons. The van der Waals surface area contributed by atoms with Crippen molar-refractivity contribution in [1.82, 2.24) is 5.32 Å².